The van der Waals surface area contributed by atoms with Gasteiger partial charge >= 0.3 is 0 Å². The third-order valence-corrected chi connectivity index (χ3v) is 6.20. The Balaban J connectivity index is 1.46. The molecular weight excluding hydrogens is 450 g/mol. The number of likely N-dealkylation sites (N-methyl/N-ethyl adjacent to an activating group) is 1. The van der Waals surface area contributed by atoms with Gasteiger partial charge in [0.15, 0.2) is 22.1 Å². The molecule has 32 heavy (non-hydrogen) atoms. The first-order chi connectivity index (χ1) is 15.5. The molecular formula is C21H23N5O4S2. The van der Waals surface area contributed by atoms with E-state index in [0.717, 1.165) is 4.88 Å². The van der Waals surface area contributed by atoms with Gasteiger partial charge in [-0.15, -0.1) is 11.3 Å². The largest absolute Gasteiger partial charge is 0.486 e. The normalized spacial score (nSPS) is 13.4. The molecule has 1 unspecified atom stereocenters. The molecule has 0 spiro atoms. The number of fused-ring (bicyclic) bond motifs is 1. The second kappa shape index (κ2) is 9.53. The van der Waals surface area contributed by atoms with Crippen molar-refractivity contribution < 1.29 is 19.1 Å². The number of ether oxygens (including phenoxy) is 2. The summed E-state index contributed by atoms with van der Waals surface area (Å²) in [5.74, 6) is 1.30. The zero-order chi connectivity index (χ0) is 22.7. The van der Waals surface area contributed by atoms with E-state index < -0.39 is 6.04 Å². The zero-order valence-electron chi connectivity index (χ0n) is 17.7. The lowest BCUT2D eigenvalue weighted by Gasteiger charge is -2.25. The Kier molecular flexibility index (Phi) is 6.56. The van der Waals surface area contributed by atoms with Crippen LogP contribution in [-0.2, 0) is 9.59 Å². The van der Waals surface area contributed by atoms with Gasteiger partial charge in [0.05, 0.1) is 11.4 Å². The smallest absolute Gasteiger partial charge is 0.245 e. The molecule has 1 aromatic carbocycles. The van der Waals surface area contributed by atoms with Crippen LogP contribution >= 0.6 is 23.6 Å². The van der Waals surface area contributed by atoms with Gasteiger partial charge in [0.2, 0.25) is 11.8 Å². The quantitative estimate of drug-likeness (QED) is 0.510. The number of carbonyl (C=O) groups excluding carboxylic acids is 2. The van der Waals surface area contributed by atoms with Gasteiger partial charge in [0, 0.05) is 18.3 Å². The highest BCUT2D eigenvalue weighted by atomic mass is 32.1. The van der Waals surface area contributed by atoms with Crippen LogP contribution in [0.25, 0.3) is 10.7 Å². The van der Waals surface area contributed by atoms with E-state index in [9.17, 15) is 9.59 Å². The van der Waals surface area contributed by atoms with Gasteiger partial charge in [0.25, 0.3) is 0 Å². The topological polar surface area (TPSA) is 101 Å². The van der Waals surface area contributed by atoms with Gasteiger partial charge in [0.1, 0.15) is 19.3 Å². The summed E-state index contributed by atoms with van der Waals surface area (Å²) >= 11 is 6.88. The molecule has 1 aliphatic heterocycles. The number of nitrogens with one attached hydrogen (secondary N) is 2. The number of carbonyl (C=O) groups is 2. The number of thiophene rings is 1. The number of amides is 2. The van der Waals surface area contributed by atoms with Crippen LogP contribution in [0.4, 0.5) is 5.69 Å². The van der Waals surface area contributed by atoms with Crippen molar-refractivity contribution in [2.45, 2.75) is 19.9 Å². The molecule has 0 fully saturated rings. The molecule has 1 atom stereocenters. The molecule has 3 heterocycles. The molecule has 11 heteroatoms. The maximum Gasteiger partial charge on any atom is 0.245 e. The fourth-order valence-corrected chi connectivity index (χ4v) is 4.46. The molecule has 0 aliphatic carbocycles. The fraction of sp³-hybridized carbons (Fsp3) is 0.333. The van der Waals surface area contributed by atoms with E-state index in [0.29, 0.717) is 47.5 Å². The second-order valence-corrected chi connectivity index (χ2v) is 8.47. The number of H-pyrrole nitrogens is 1. The molecule has 2 aromatic heterocycles. The van der Waals surface area contributed by atoms with Gasteiger partial charge in [-0.3, -0.25) is 19.3 Å². The van der Waals surface area contributed by atoms with Gasteiger partial charge in [-0.25, -0.2) is 0 Å². The van der Waals surface area contributed by atoms with Crippen molar-refractivity contribution in [1.29, 1.82) is 0 Å². The van der Waals surface area contributed by atoms with Gasteiger partial charge in [-0.1, -0.05) is 6.07 Å². The summed E-state index contributed by atoms with van der Waals surface area (Å²) in [6, 6.07) is 8.41. The van der Waals surface area contributed by atoms with E-state index >= 15 is 0 Å². The first-order valence-electron chi connectivity index (χ1n) is 10.2. The van der Waals surface area contributed by atoms with Gasteiger partial charge in [-0.05, 0) is 49.6 Å². The number of hydrogen-bond donors (Lipinski definition) is 2. The molecule has 3 aromatic rings. The predicted molar refractivity (Wildman–Crippen MR) is 124 cm³/mol. The van der Waals surface area contributed by atoms with E-state index in [1.807, 2.05) is 24.4 Å². The van der Waals surface area contributed by atoms with Crippen LogP contribution in [0.5, 0.6) is 11.5 Å². The van der Waals surface area contributed by atoms with Crippen molar-refractivity contribution in [1.82, 2.24) is 19.7 Å². The number of rotatable bonds is 7. The maximum atomic E-state index is 13.2. The maximum absolute atomic E-state index is 13.2. The van der Waals surface area contributed by atoms with Crippen molar-refractivity contribution in [3.63, 3.8) is 0 Å². The Morgan fingerprint density at radius 3 is 2.81 bits per heavy atom. The lowest BCUT2D eigenvalue weighted by atomic mass is 10.2. The minimum Gasteiger partial charge on any atom is -0.486 e. The Morgan fingerprint density at radius 1 is 1.31 bits per heavy atom. The Morgan fingerprint density at radius 2 is 2.09 bits per heavy atom. The first-order valence-corrected chi connectivity index (χ1v) is 11.5. The molecule has 4 rings (SSSR count). The Hall–Kier alpha value is -3.18. The molecule has 2 N–H and O–H groups in total. The summed E-state index contributed by atoms with van der Waals surface area (Å²) in [6.07, 6.45) is 0. The van der Waals surface area contributed by atoms with E-state index in [1.54, 1.807) is 29.7 Å². The third-order valence-electron chi connectivity index (χ3n) is 5.04. The highest BCUT2D eigenvalue weighted by molar-refractivity contribution is 7.71. The monoisotopic (exact) mass is 473 g/mol. The average Bonchev–Trinajstić information content (AvgIpc) is 3.46. The van der Waals surface area contributed by atoms with Crippen LogP contribution in [-0.4, -0.2) is 57.8 Å². The van der Waals surface area contributed by atoms with Crippen LogP contribution in [0.15, 0.2) is 35.7 Å². The summed E-state index contributed by atoms with van der Waals surface area (Å²) < 4.78 is 13.1. The lowest BCUT2D eigenvalue weighted by molar-refractivity contribution is -0.137. The van der Waals surface area contributed by atoms with Crippen LogP contribution < -0.4 is 14.8 Å². The molecule has 9 nitrogen and oxygen atoms in total. The standard InChI is InChI=1S/C21H23N5O4S2/c1-3-25(12-18(27)22-14-6-7-15-16(11-14)30-9-8-29-15)20(28)13(2)26-19(23-24-21(26)31)17-5-4-10-32-17/h4-7,10-11,13H,3,8-9,12H2,1-2H3,(H,22,27)(H,24,31). The SMILES string of the molecule is CCN(CC(=O)Nc1ccc2c(c1)OCCO2)C(=O)C(C)n1c(-c2cccs2)n[nH]c1=S. The Labute approximate surface area is 194 Å². The van der Waals surface area contributed by atoms with Crippen LogP contribution in [0.1, 0.15) is 19.9 Å². The van der Waals surface area contributed by atoms with Crippen molar-refractivity contribution in [2.24, 2.45) is 0 Å². The van der Waals surface area contributed by atoms with Crippen molar-refractivity contribution in [2.75, 3.05) is 31.6 Å². The van der Waals surface area contributed by atoms with Crippen LogP contribution in [0.3, 0.4) is 0 Å². The van der Waals surface area contributed by atoms with Crippen LogP contribution in [0.2, 0.25) is 0 Å². The highest BCUT2D eigenvalue weighted by Gasteiger charge is 2.26. The summed E-state index contributed by atoms with van der Waals surface area (Å²) in [4.78, 5) is 28.3. The Bertz CT molecular complexity index is 1170. The molecule has 0 saturated heterocycles. The number of anilines is 1. The highest BCUT2D eigenvalue weighted by Crippen LogP contribution is 2.32. The third kappa shape index (κ3) is 4.53. The molecule has 168 valence electrons. The van der Waals surface area contributed by atoms with Crippen molar-refractivity contribution in [3.8, 4) is 22.2 Å². The van der Waals surface area contributed by atoms with Crippen molar-refractivity contribution in [3.05, 3.63) is 40.5 Å². The van der Waals surface area contributed by atoms with E-state index in [-0.39, 0.29) is 18.4 Å². The number of aromatic nitrogens is 3. The number of benzene rings is 1. The number of aromatic amines is 1. The van der Waals surface area contributed by atoms with Gasteiger partial charge < -0.3 is 19.7 Å². The minimum atomic E-state index is -0.625. The van der Waals surface area contributed by atoms with E-state index in [1.165, 1.54) is 16.2 Å². The summed E-state index contributed by atoms with van der Waals surface area (Å²) in [5, 5.41) is 11.8. The first kappa shape index (κ1) is 22.0. The fourth-order valence-electron chi connectivity index (χ4n) is 3.46. The summed E-state index contributed by atoms with van der Waals surface area (Å²) in [6.45, 7) is 4.83. The van der Waals surface area contributed by atoms with Crippen LogP contribution in [0, 0.1) is 4.77 Å². The molecule has 0 saturated carbocycles. The second-order valence-electron chi connectivity index (χ2n) is 7.13. The minimum absolute atomic E-state index is 0.0897. The summed E-state index contributed by atoms with van der Waals surface area (Å²) in [5.41, 5.74) is 0.577. The lowest BCUT2D eigenvalue weighted by Crippen LogP contribution is -2.41. The van der Waals surface area contributed by atoms with E-state index in [2.05, 4.69) is 15.5 Å². The van der Waals surface area contributed by atoms with Gasteiger partial charge in [-0.2, -0.15) is 5.10 Å². The zero-order valence-corrected chi connectivity index (χ0v) is 19.3. The average molecular weight is 474 g/mol. The molecule has 2 amide bonds. The predicted octanol–water partition coefficient (Wildman–Crippen LogP) is 3.49. The number of nitrogens with zero attached hydrogens (tertiary/aromatic N) is 3. The van der Waals surface area contributed by atoms with Crippen molar-refractivity contribution >= 4 is 41.1 Å². The van der Waals surface area contributed by atoms with E-state index in [4.69, 9.17) is 21.7 Å². The molecule has 1 aliphatic rings. The number of hydrogen-bond acceptors (Lipinski definition) is 7. The summed E-state index contributed by atoms with van der Waals surface area (Å²) in [7, 11) is 0. The molecule has 0 radical (unpaired) electrons. The molecule has 0 bridgehead atoms.